The second-order valence-electron chi connectivity index (χ2n) is 5.03. The molecule has 1 fully saturated rings. The van der Waals surface area contributed by atoms with Crippen molar-refractivity contribution in [2.24, 2.45) is 5.92 Å². The van der Waals surface area contributed by atoms with Crippen LogP contribution in [0, 0.1) is 5.92 Å². The maximum Gasteiger partial charge on any atom is 0.418 e. The molecule has 19 heavy (non-hydrogen) atoms. The van der Waals surface area contributed by atoms with Crippen molar-refractivity contribution in [3.63, 3.8) is 0 Å². The Labute approximate surface area is 118 Å². The first-order valence-corrected chi connectivity index (χ1v) is 6.82. The van der Waals surface area contributed by atoms with E-state index < -0.39 is 11.7 Å². The molecule has 1 aromatic rings. The second kappa shape index (κ2) is 5.32. The Kier molecular flexibility index (Phi) is 4.11. The van der Waals surface area contributed by atoms with Crippen molar-refractivity contribution in [2.75, 3.05) is 18.5 Å². The molecule has 1 saturated carbocycles. The number of alkyl halides is 3. The summed E-state index contributed by atoms with van der Waals surface area (Å²) in [4.78, 5) is 1.62. The van der Waals surface area contributed by atoms with Crippen molar-refractivity contribution in [1.29, 1.82) is 0 Å². The first kappa shape index (κ1) is 14.7. The van der Waals surface area contributed by atoms with E-state index >= 15 is 0 Å². The lowest BCUT2D eigenvalue weighted by Gasteiger charge is -2.36. The van der Waals surface area contributed by atoms with Crippen LogP contribution in [0.1, 0.15) is 18.4 Å². The number of benzene rings is 1. The summed E-state index contributed by atoms with van der Waals surface area (Å²) in [6.45, 7) is 0.524. The smallest absolute Gasteiger partial charge is 0.393 e. The van der Waals surface area contributed by atoms with Crippen LogP contribution < -0.4 is 4.90 Å². The zero-order valence-electron chi connectivity index (χ0n) is 10.4. The molecular formula is C13H15BrF3NO. The lowest BCUT2D eigenvalue weighted by molar-refractivity contribution is -0.137. The van der Waals surface area contributed by atoms with E-state index in [-0.39, 0.29) is 17.7 Å². The molecule has 0 aromatic heterocycles. The van der Waals surface area contributed by atoms with Gasteiger partial charge in [-0.3, -0.25) is 0 Å². The molecular weight excluding hydrogens is 323 g/mol. The predicted molar refractivity (Wildman–Crippen MR) is 71.1 cm³/mol. The van der Waals surface area contributed by atoms with Gasteiger partial charge in [-0.15, -0.1) is 0 Å². The maximum absolute atomic E-state index is 13.0. The van der Waals surface area contributed by atoms with Gasteiger partial charge in [-0.05, 0) is 37.0 Å². The summed E-state index contributed by atoms with van der Waals surface area (Å²) in [5, 5.41) is 9.22. The second-order valence-corrected chi connectivity index (χ2v) is 5.95. The standard InChI is InChI=1S/C13H15BrF3NO/c1-18(7-8-4-10(19)5-8)12-6-9(14)2-3-11(12)13(15,16)17/h2-3,6,8,10,19H,4-5,7H2,1H3. The molecule has 2 nitrogen and oxygen atoms in total. The minimum atomic E-state index is -4.36. The summed E-state index contributed by atoms with van der Waals surface area (Å²) in [6.07, 6.45) is -3.31. The molecule has 0 aliphatic heterocycles. The number of halogens is 4. The van der Waals surface area contributed by atoms with Crippen molar-refractivity contribution >= 4 is 21.6 Å². The Hall–Kier alpha value is -0.750. The van der Waals surface area contributed by atoms with Gasteiger partial charge in [0.25, 0.3) is 0 Å². The number of rotatable bonds is 3. The van der Waals surface area contributed by atoms with Gasteiger partial charge < -0.3 is 10.0 Å². The molecule has 0 saturated heterocycles. The highest BCUT2D eigenvalue weighted by Gasteiger charge is 2.35. The Morgan fingerprint density at radius 1 is 1.37 bits per heavy atom. The van der Waals surface area contributed by atoms with E-state index in [2.05, 4.69) is 15.9 Å². The molecule has 1 N–H and O–H groups in total. The van der Waals surface area contributed by atoms with E-state index in [1.54, 1.807) is 11.9 Å². The van der Waals surface area contributed by atoms with Crippen molar-refractivity contribution in [3.8, 4) is 0 Å². The molecule has 0 heterocycles. The van der Waals surface area contributed by atoms with Crippen LogP contribution in [0.3, 0.4) is 0 Å². The molecule has 0 atom stereocenters. The topological polar surface area (TPSA) is 23.5 Å². The lowest BCUT2D eigenvalue weighted by Crippen LogP contribution is -2.37. The normalized spacial score (nSPS) is 23.1. The molecule has 2 rings (SSSR count). The van der Waals surface area contributed by atoms with Crippen LogP contribution in [-0.4, -0.2) is 24.8 Å². The molecule has 0 spiro atoms. The summed E-state index contributed by atoms with van der Waals surface area (Å²) in [7, 11) is 1.65. The van der Waals surface area contributed by atoms with Gasteiger partial charge >= 0.3 is 6.18 Å². The molecule has 6 heteroatoms. The molecule has 1 aliphatic rings. The summed E-state index contributed by atoms with van der Waals surface area (Å²) in [5.74, 6) is 0.264. The summed E-state index contributed by atoms with van der Waals surface area (Å²) >= 11 is 3.20. The van der Waals surface area contributed by atoms with Crippen molar-refractivity contribution in [3.05, 3.63) is 28.2 Å². The summed E-state index contributed by atoms with van der Waals surface area (Å²) in [6, 6.07) is 3.97. The van der Waals surface area contributed by atoms with Crippen LogP contribution in [0.15, 0.2) is 22.7 Å². The number of nitrogens with zero attached hydrogens (tertiary/aromatic N) is 1. The van der Waals surface area contributed by atoms with Crippen LogP contribution in [0.4, 0.5) is 18.9 Å². The highest BCUT2D eigenvalue weighted by atomic mass is 79.9. The molecule has 0 radical (unpaired) electrons. The Bertz CT molecular complexity index is 458. The molecule has 1 aromatic carbocycles. The fourth-order valence-corrected chi connectivity index (χ4v) is 2.74. The van der Waals surface area contributed by atoms with Crippen LogP contribution in [0.25, 0.3) is 0 Å². The van der Waals surface area contributed by atoms with Crippen molar-refractivity contribution in [2.45, 2.75) is 25.1 Å². The third kappa shape index (κ3) is 3.42. The zero-order chi connectivity index (χ0) is 14.2. The molecule has 106 valence electrons. The van der Waals surface area contributed by atoms with E-state index in [1.165, 1.54) is 12.1 Å². The average molecular weight is 338 g/mol. The van der Waals surface area contributed by atoms with Gasteiger partial charge in [0, 0.05) is 23.8 Å². The molecule has 0 unspecified atom stereocenters. The maximum atomic E-state index is 13.0. The van der Waals surface area contributed by atoms with Crippen LogP contribution in [0.2, 0.25) is 0 Å². The van der Waals surface area contributed by atoms with E-state index in [0.717, 1.165) is 6.07 Å². The molecule has 1 aliphatic carbocycles. The summed E-state index contributed by atoms with van der Waals surface area (Å²) in [5.41, 5.74) is -0.457. The van der Waals surface area contributed by atoms with Crippen LogP contribution >= 0.6 is 15.9 Å². The SMILES string of the molecule is CN(CC1CC(O)C1)c1cc(Br)ccc1C(F)(F)F. The van der Waals surface area contributed by atoms with Gasteiger partial charge in [0.1, 0.15) is 0 Å². The van der Waals surface area contributed by atoms with Crippen LogP contribution in [-0.2, 0) is 6.18 Å². The minimum absolute atomic E-state index is 0.170. The fraction of sp³-hybridized carbons (Fsp3) is 0.538. The number of aliphatic hydroxyl groups excluding tert-OH is 1. The minimum Gasteiger partial charge on any atom is -0.393 e. The lowest BCUT2D eigenvalue weighted by atomic mass is 9.82. The quantitative estimate of drug-likeness (QED) is 0.909. The number of anilines is 1. The third-order valence-corrected chi connectivity index (χ3v) is 3.91. The Morgan fingerprint density at radius 2 is 2.00 bits per heavy atom. The number of hydrogen-bond acceptors (Lipinski definition) is 2. The monoisotopic (exact) mass is 337 g/mol. The Morgan fingerprint density at radius 3 is 2.53 bits per heavy atom. The summed E-state index contributed by atoms with van der Waals surface area (Å²) < 4.78 is 39.5. The van der Waals surface area contributed by atoms with Gasteiger partial charge in [0.15, 0.2) is 0 Å². The van der Waals surface area contributed by atoms with E-state index in [9.17, 15) is 18.3 Å². The third-order valence-electron chi connectivity index (χ3n) is 3.42. The van der Waals surface area contributed by atoms with Gasteiger partial charge in [-0.2, -0.15) is 13.2 Å². The van der Waals surface area contributed by atoms with Gasteiger partial charge in [0.2, 0.25) is 0 Å². The molecule has 0 bridgehead atoms. The fourth-order valence-electron chi connectivity index (χ4n) is 2.40. The van der Waals surface area contributed by atoms with Gasteiger partial charge in [-0.1, -0.05) is 15.9 Å². The van der Waals surface area contributed by atoms with E-state index in [1.807, 2.05) is 0 Å². The van der Waals surface area contributed by atoms with E-state index in [0.29, 0.717) is 23.9 Å². The number of aliphatic hydroxyl groups is 1. The highest BCUT2D eigenvalue weighted by Crippen LogP contribution is 2.39. The number of hydrogen-bond donors (Lipinski definition) is 1. The Balaban J connectivity index is 2.19. The van der Waals surface area contributed by atoms with Crippen molar-refractivity contribution < 1.29 is 18.3 Å². The van der Waals surface area contributed by atoms with Gasteiger partial charge in [-0.25, -0.2) is 0 Å². The first-order valence-electron chi connectivity index (χ1n) is 6.03. The first-order chi connectivity index (χ1) is 8.77. The highest BCUT2D eigenvalue weighted by molar-refractivity contribution is 9.10. The predicted octanol–water partition coefficient (Wildman–Crippen LogP) is 3.68. The van der Waals surface area contributed by atoms with E-state index in [4.69, 9.17) is 0 Å². The molecule has 0 amide bonds. The zero-order valence-corrected chi connectivity index (χ0v) is 12.0. The largest absolute Gasteiger partial charge is 0.418 e. The van der Waals surface area contributed by atoms with Crippen molar-refractivity contribution in [1.82, 2.24) is 0 Å². The average Bonchev–Trinajstić information content (AvgIpc) is 2.25. The van der Waals surface area contributed by atoms with Gasteiger partial charge in [0.05, 0.1) is 11.7 Å². The van der Waals surface area contributed by atoms with Crippen LogP contribution in [0.5, 0.6) is 0 Å².